The maximum atomic E-state index is 10.3. The minimum Gasteiger partial charge on any atom is -0.507 e. The highest BCUT2D eigenvalue weighted by Gasteiger charge is 2.18. The van der Waals surface area contributed by atoms with Gasteiger partial charge in [-0.2, -0.15) is 5.10 Å². The fourth-order valence-electron chi connectivity index (χ4n) is 3.43. The van der Waals surface area contributed by atoms with E-state index in [2.05, 4.69) is 15.2 Å². The van der Waals surface area contributed by atoms with Gasteiger partial charge >= 0.3 is 0 Å². The molecule has 0 radical (unpaired) electrons. The van der Waals surface area contributed by atoms with Gasteiger partial charge in [-0.25, -0.2) is 0 Å². The van der Waals surface area contributed by atoms with Crippen LogP contribution in [0.4, 0.5) is 0 Å². The standard InChI is InChI=1S/C20H21N3O2/c1-13-2-4-16(19(24)10-13)20-15-6-8-21-11-17(15)18(22-23-20)5-3-14-7-9-25-12-14/h2,4,6,8,10-11,14,24H,3,5,7,9,12H2,1H3/t14-/m1/s1. The highest BCUT2D eigenvalue weighted by Crippen LogP contribution is 2.34. The Labute approximate surface area is 146 Å². The average Bonchev–Trinajstić information content (AvgIpc) is 3.14. The summed E-state index contributed by atoms with van der Waals surface area (Å²) in [4.78, 5) is 4.27. The summed E-state index contributed by atoms with van der Waals surface area (Å²) in [6.07, 6.45) is 6.64. The van der Waals surface area contributed by atoms with Gasteiger partial charge in [0.05, 0.1) is 5.69 Å². The molecule has 2 aromatic heterocycles. The topological polar surface area (TPSA) is 68.1 Å². The Hall–Kier alpha value is -2.53. The van der Waals surface area contributed by atoms with Crippen LogP contribution >= 0.6 is 0 Å². The second kappa shape index (κ2) is 6.76. The molecule has 25 heavy (non-hydrogen) atoms. The first-order valence-electron chi connectivity index (χ1n) is 8.69. The summed E-state index contributed by atoms with van der Waals surface area (Å²) in [6.45, 7) is 3.66. The number of fused-ring (bicyclic) bond motifs is 1. The number of pyridine rings is 1. The van der Waals surface area contributed by atoms with Crippen LogP contribution < -0.4 is 0 Å². The molecule has 3 aromatic rings. The van der Waals surface area contributed by atoms with Gasteiger partial charge in [-0.05, 0) is 55.9 Å². The van der Waals surface area contributed by atoms with E-state index in [4.69, 9.17) is 4.74 Å². The molecule has 0 saturated carbocycles. The van der Waals surface area contributed by atoms with Crippen molar-refractivity contribution >= 4 is 10.8 Å². The molecule has 1 aromatic carbocycles. The van der Waals surface area contributed by atoms with E-state index in [9.17, 15) is 5.11 Å². The van der Waals surface area contributed by atoms with Gasteiger partial charge in [-0.15, -0.1) is 5.10 Å². The number of aromatic hydroxyl groups is 1. The summed E-state index contributed by atoms with van der Waals surface area (Å²) in [7, 11) is 0. The van der Waals surface area contributed by atoms with Gasteiger partial charge in [-0.3, -0.25) is 4.98 Å². The van der Waals surface area contributed by atoms with Crippen LogP contribution in [0.2, 0.25) is 0 Å². The Morgan fingerprint density at radius 2 is 2.12 bits per heavy atom. The molecule has 1 aliphatic rings. The van der Waals surface area contributed by atoms with Crippen molar-refractivity contribution in [3.8, 4) is 17.0 Å². The molecule has 0 aliphatic carbocycles. The van der Waals surface area contributed by atoms with Crippen LogP contribution in [-0.2, 0) is 11.2 Å². The van der Waals surface area contributed by atoms with Gasteiger partial charge in [0.1, 0.15) is 11.4 Å². The van der Waals surface area contributed by atoms with E-state index in [0.717, 1.165) is 54.5 Å². The number of hydrogen-bond donors (Lipinski definition) is 1. The van der Waals surface area contributed by atoms with E-state index >= 15 is 0 Å². The predicted molar refractivity (Wildman–Crippen MR) is 96.4 cm³/mol. The number of hydrogen-bond acceptors (Lipinski definition) is 5. The Bertz CT molecular complexity index is 905. The molecule has 1 N–H and O–H groups in total. The third-order valence-electron chi connectivity index (χ3n) is 4.88. The molecule has 5 heteroatoms. The van der Waals surface area contributed by atoms with Crippen LogP contribution in [0, 0.1) is 12.8 Å². The maximum Gasteiger partial charge on any atom is 0.125 e. The van der Waals surface area contributed by atoms with Gasteiger partial charge in [0.25, 0.3) is 0 Å². The van der Waals surface area contributed by atoms with Gasteiger partial charge < -0.3 is 9.84 Å². The maximum absolute atomic E-state index is 10.3. The second-order valence-corrected chi connectivity index (χ2v) is 6.71. The average molecular weight is 335 g/mol. The van der Waals surface area contributed by atoms with Crippen LogP contribution in [0.3, 0.4) is 0 Å². The third kappa shape index (κ3) is 3.20. The third-order valence-corrected chi connectivity index (χ3v) is 4.88. The number of ether oxygens (including phenoxy) is 1. The molecule has 0 unspecified atom stereocenters. The molecule has 4 rings (SSSR count). The molecule has 0 bridgehead atoms. The van der Waals surface area contributed by atoms with Crippen LogP contribution in [0.15, 0.2) is 36.7 Å². The highest BCUT2D eigenvalue weighted by atomic mass is 16.5. The number of phenolic OH excluding ortho intramolecular Hbond substituents is 1. The smallest absolute Gasteiger partial charge is 0.125 e. The van der Waals surface area contributed by atoms with Crippen LogP contribution in [0.5, 0.6) is 5.75 Å². The number of nitrogens with zero attached hydrogens (tertiary/aromatic N) is 3. The van der Waals surface area contributed by atoms with Crippen molar-refractivity contribution in [2.75, 3.05) is 13.2 Å². The lowest BCUT2D eigenvalue weighted by atomic mass is 9.98. The molecule has 3 heterocycles. The lowest BCUT2D eigenvalue weighted by molar-refractivity contribution is 0.184. The number of phenols is 1. The monoisotopic (exact) mass is 335 g/mol. The summed E-state index contributed by atoms with van der Waals surface area (Å²) < 4.78 is 5.46. The molecule has 1 fully saturated rings. The van der Waals surface area contributed by atoms with Crippen molar-refractivity contribution in [2.24, 2.45) is 5.92 Å². The minimum atomic E-state index is 0.225. The summed E-state index contributed by atoms with van der Waals surface area (Å²) in [5.41, 5.74) is 3.37. The molecular weight excluding hydrogens is 314 g/mol. The summed E-state index contributed by atoms with van der Waals surface area (Å²) >= 11 is 0. The Morgan fingerprint density at radius 3 is 2.92 bits per heavy atom. The fourth-order valence-corrected chi connectivity index (χ4v) is 3.43. The Balaban J connectivity index is 1.73. The van der Waals surface area contributed by atoms with Gasteiger partial charge in [0.2, 0.25) is 0 Å². The van der Waals surface area contributed by atoms with Crippen molar-refractivity contribution in [2.45, 2.75) is 26.2 Å². The molecule has 1 aliphatic heterocycles. The largest absolute Gasteiger partial charge is 0.507 e. The SMILES string of the molecule is Cc1ccc(-c2nnc(CC[C@@H]3CCOC3)c3cnccc23)c(O)c1. The highest BCUT2D eigenvalue weighted by molar-refractivity contribution is 5.96. The summed E-state index contributed by atoms with van der Waals surface area (Å²) in [5, 5.41) is 21.2. The van der Waals surface area contributed by atoms with E-state index in [1.807, 2.05) is 31.3 Å². The summed E-state index contributed by atoms with van der Waals surface area (Å²) in [5.74, 6) is 0.831. The molecular formula is C20H21N3O2. The normalized spacial score (nSPS) is 17.2. The van der Waals surface area contributed by atoms with Crippen LogP contribution in [0.25, 0.3) is 22.0 Å². The molecule has 0 amide bonds. The number of aryl methyl sites for hydroxylation is 2. The van der Waals surface area contributed by atoms with Crippen molar-refractivity contribution in [1.82, 2.24) is 15.2 Å². The first kappa shape index (κ1) is 16.0. The zero-order chi connectivity index (χ0) is 17.2. The Kier molecular flexibility index (Phi) is 4.32. The number of benzene rings is 1. The first-order chi connectivity index (χ1) is 12.2. The minimum absolute atomic E-state index is 0.225. The number of rotatable bonds is 4. The van der Waals surface area contributed by atoms with Gasteiger partial charge in [-0.1, -0.05) is 6.07 Å². The van der Waals surface area contributed by atoms with Crippen LogP contribution in [-0.4, -0.2) is 33.5 Å². The molecule has 128 valence electrons. The van der Waals surface area contributed by atoms with E-state index in [1.165, 1.54) is 0 Å². The zero-order valence-electron chi connectivity index (χ0n) is 14.3. The van der Waals surface area contributed by atoms with E-state index in [1.54, 1.807) is 12.3 Å². The lowest BCUT2D eigenvalue weighted by Crippen LogP contribution is -2.04. The lowest BCUT2D eigenvalue weighted by Gasteiger charge is -2.12. The van der Waals surface area contributed by atoms with Crippen LogP contribution in [0.1, 0.15) is 24.1 Å². The quantitative estimate of drug-likeness (QED) is 0.788. The Morgan fingerprint density at radius 1 is 1.20 bits per heavy atom. The second-order valence-electron chi connectivity index (χ2n) is 6.71. The van der Waals surface area contributed by atoms with E-state index in [0.29, 0.717) is 17.2 Å². The predicted octanol–water partition coefficient (Wildman–Crippen LogP) is 3.67. The molecule has 1 atom stereocenters. The van der Waals surface area contributed by atoms with E-state index < -0.39 is 0 Å². The number of aromatic nitrogens is 3. The van der Waals surface area contributed by atoms with E-state index in [-0.39, 0.29) is 5.75 Å². The molecule has 0 spiro atoms. The van der Waals surface area contributed by atoms with Crippen molar-refractivity contribution in [3.63, 3.8) is 0 Å². The summed E-state index contributed by atoms with van der Waals surface area (Å²) in [6, 6.07) is 7.56. The molecule has 1 saturated heterocycles. The fraction of sp³-hybridized carbons (Fsp3) is 0.350. The molecule has 5 nitrogen and oxygen atoms in total. The zero-order valence-corrected chi connectivity index (χ0v) is 14.3. The van der Waals surface area contributed by atoms with Crippen molar-refractivity contribution in [1.29, 1.82) is 0 Å². The van der Waals surface area contributed by atoms with Crippen molar-refractivity contribution in [3.05, 3.63) is 47.9 Å². The van der Waals surface area contributed by atoms with Gasteiger partial charge in [0, 0.05) is 41.9 Å². The first-order valence-corrected chi connectivity index (χ1v) is 8.69. The van der Waals surface area contributed by atoms with Crippen molar-refractivity contribution < 1.29 is 9.84 Å². The van der Waals surface area contributed by atoms with Gasteiger partial charge in [0.15, 0.2) is 0 Å².